The standard InChI is InChI=1S/C12H16N2O4S/c1-9(15)14-11(12(13)16)7-8-19(17,18)10-5-3-2-4-6-10/h2-6,11H,7-8H2,1H3,(H2,13,16)(H,14,15)/t11-/m0/s1. The first kappa shape index (κ1) is 15.2. The number of benzene rings is 1. The van der Waals surface area contributed by atoms with Crippen LogP contribution in [0.25, 0.3) is 0 Å². The van der Waals surface area contributed by atoms with Gasteiger partial charge < -0.3 is 11.1 Å². The highest BCUT2D eigenvalue weighted by atomic mass is 32.2. The number of rotatable bonds is 6. The molecule has 0 bridgehead atoms. The van der Waals surface area contributed by atoms with Crippen molar-refractivity contribution in [2.75, 3.05) is 5.75 Å². The fraction of sp³-hybridized carbons (Fsp3) is 0.333. The van der Waals surface area contributed by atoms with Gasteiger partial charge in [0.1, 0.15) is 6.04 Å². The molecule has 0 aliphatic rings. The van der Waals surface area contributed by atoms with Gasteiger partial charge in [-0.15, -0.1) is 0 Å². The molecular formula is C12H16N2O4S. The molecule has 2 amide bonds. The van der Waals surface area contributed by atoms with Gasteiger partial charge in [-0.2, -0.15) is 0 Å². The van der Waals surface area contributed by atoms with E-state index < -0.39 is 27.7 Å². The molecular weight excluding hydrogens is 268 g/mol. The third-order valence-electron chi connectivity index (χ3n) is 2.50. The fourth-order valence-electron chi connectivity index (χ4n) is 1.55. The summed E-state index contributed by atoms with van der Waals surface area (Å²) in [5.74, 6) is -1.44. The Morgan fingerprint density at radius 1 is 1.26 bits per heavy atom. The van der Waals surface area contributed by atoms with Crippen molar-refractivity contribution in [2.45, 2.75) is 24.3 Å². The number of hydrogen-bond donors (Lipinski definition) is 2. The Morgan fingerprint density at radius 2 is 1.84 bits per heavy atom. The number of sulfone groups is 1. The molecule has 104 valence electrons. The Hall–Kier alpha value is -1.89. The van der Waals surface area contributed by atoms with E-state index in [0.717, 1.165) is 0 Å². The summed E-state index contributed by atoms with van der Waals surface area (Å²) in [5, 5.41) is 2.33. The van der Waals surface area contributed by atoms with Gasteiger partial charge in [-0.25, -0.2) is 8.42 Å². The molecule has 1 atom stereocenters. The minimum absolute atomic E-state index is 0.0495. The molecule has 0 saturated carbocycles. The van der Waals surface area contributed by atoms with Gasteiger partial charge in [0, 0.05) is 6.92 Å². The summed E-state index contributed by atoms with van der Waals surface area (Å²) in [6.07, 6.45) is -0.0495. The van der Waals surface area contributed by atoms with E-state index in [1.807, 2.05) is 0 Å². The maximum absolute atomic E-state index is 12.0. The number of primary amides is 1. The highest BCUT2D eigenvalue weighted by Gasteiger charge is 2.21. The number of amides is 2. The van der Waals surface area contributed by atoms with E-state index in [1.165, 1.54) is 19.1 Å². The van der Waals surface area contributed by atoms with Gasteiger partial charge in [0.25, 0.3) is 0 Å². The van der Waals surface area contributed by atoms with Crippen molar-refractivity contribution in [2.24, 2.45) is 5.73 Å². The van der Waals surface area contributed by atoms with Crippen LogP contribution in [0.5, 0.6) is 0 Å². The number of nitrogens with two attached hydrogens (primary N) is 1. The third kappa shape index (κ3) is 4.70. The third-order valence-corrected chi connectivity index (χ3v) is 4.26. The Morgan fingerprint density at radius 3 is 2.32 bits per heavy atom. The molecule has 1 aromatic rings. The highest BCUT2D eigenvalue weighted by molar-refractivity contribution is 7.91. The maximum Gasteiger partial charge on any atom is 0.240 e. The normalized spacial score (nSPS) is 12.7. The van der Waals surface area contributed by atoms with E-state index >= 15 is 0 Å². The fourth-order valence-corrected chi connectivity index (χ4v) is 2.90. The summed E-state index contributed by atoms with van der Waals surface area (Å²) in [4.78, 5) is 22.2. The lowest BCUT2D eigenvalue weighted by Crippen LogP contribution is -2.44. The van der Waals surface area contributed by atoms with Gasteiger partial charge in [-0.05, 0) is 18.6 Å². The molecule has 6 nitrogen and oxygen atoms in total. The van der Waals surface area contributed by atoms with E-state index in [-0.39, 0.29) is 17.1 Å². The van der Waals surface area contributed by atoms with Crippen molar-refractivity contribution in [3.63, 3.8) is 0 Å². The van der Waals surface area contributed by atoms with Crippen molar-refractivity contribution in [3.8, 4) is 0 Å². The zero-order chi connectivity index (χ0) is 14.5. The van der Waals surface area contributed by atoms with Crippen LogP contribution < -0.4 is 11.1 Å². The molecule has 1 aromatic carbocycles. The molecule has 0 unspecified atom stereocenters. The summed E-state index contributed by atoms with van der Waals surface area (Å²) in [7, 11) is -3.48. The van der Waals surface area contributed by atoms with Gasteiger partial charge in [0.15, 0.2) is 9.84 Å². The van der Waals surface area contributed by atoms with E-state index in [2.05, 4.69) is 5.32 Å². The van der Waals surface area contributed by atoms with Crippen molar-refractivity contribution in [1.29, 1.82) is 0 Å². The van der Waals surface area contributed by atoms with Crippen LogP contribution in [0.1, 0.15) is 13.3 Å². The Labute approximate surface area is 111 Å². The molecule has 0 saturated heterocycles. The van der Waals surface area contributed by atoms with Crippen LogP contribution in [0, 0.1) is 0 Å². The molecule has 0 heterocycles. The topological polar surface area (TPSA) is 106 Å². The monoisotopic (exact) mass is 284 g/mol. The SMILES string of the molecule is CC(=O)N[C@@H](CCS(=O)(=O)c1ccccc1)C(N)=O. The van der Waals surface area contributed by atoms with Crippen molar-refractivity contribution < 1.29 is 18.0 Å². The first-order valence-electron chi connectivity index (χ1n) is 5.67. The van der Waals surface area contributed by atoms with E-state index in [0.29, 0.717) is 0 Å². The Balaban J connectivity index is 2.74. The summed E-state index contributed by atoms with van der Waals surface area (Å²) in [5.41, 5.74) is 5.10. The minimum Gasteiger partial charge on any atom is -0.368 e. The Bertz CT molecular complexity index is 554. The minimum atomic E-state index is -3.48. The zero-order valence-corrected chi connectivity index (χ0v) is 11.3. The van der Waals surface area contributed by atoms with Gasteiger partial charge in [0.2, 0.25) is 11.8 Å². The van der Waals surface area contributed by atoms with Crippen LogP contribution >= 0.6 is 0 Å². The second-order valence-corrected chi connectivity index (χ2v) is 6.19. The summed E-state index contributed by atoms with van der Waals surface area (Å²) in [6, 6.07) is 6.93. The zero-order valence-electron chi connectivity index (χ0n) is 10.5. The maximum atomic E-state index is 12.0. The smallest absolute Gasteiger partial charge is 0.240 e. The molecule has 0 aliphatic heterocycles. The molecule has 3 N–H and O–H groups in total. The van der Waals surface area contributed by atoms with Crippen LogP contribution in [-0.4, -0.2) is 32.0 Å². The molecule has 0 aliphatic carbocycles. The largest absolute Gasteiger partial charge is 0.368 e. The van der Waals surface area contributed by atoms with Crippen LogP contribution in [0.3, 0.4) is 0 Å². The molecule has 0 aromatic heterocycles. The second kappa shape index (κ2) is 6.33. The molecule has 1 rings (SSSR count). The average Bonchev–Trinajstić information content (AvgIpc) is 2.35. The number of carbonyl (C=O) groups is 2. The summed E-state index contributed by atoms with van der Waals surface area (Å²) in [6.45, 7) is 1.24. The first-order chi connectivity index (χ1) is 8.83. The van der Waals surface area contributed by atoms with Crippen LogP contribution in [0.2, 0.25) is 0 Å². The van der Waals surface area contributed by atoms with Crippen LogP contribution in [0.15, 0.2) is 35.2 Å². The van der Waals surface area contributed by atoms with Crippen molar-refractivity contribution in [1.82, 2.24) is 5.32 Å². The predicted molar refractivity (Wildman–Crippen MR) is 69.9 cm³/mol. The number of nitrogens with one attached hydrogen (secondary N) is 1. The van der Waals surface area contributed by atoms with Crippen molar-refractivity contribution >= 4 is 21.7 Å². The molecule has 0 spiro atoms. The molecule has 0 fully saturated rings. The summed E-state index contributed by atoms with van der Waals surface area (Å²) >= 11 is 0. The first-order valence-corrected chi connectivity index (χ1v) is 7.32. The molecule has 0 radical (unpaired) electrons. The van der Waals surface area contributed by atoms with E-state index in [9.17, 15) is 18.0 Å². The second-order valence-electron chi connectivity index (χ2n) is 4.08. The predicted octanol–water partition coefficient (Wildman–Crippen LogP) is -0.160. The molecule has 19 heavy (non-hydrogen) atoms. The summed E-state index contributed by atoms with van der Waals surface area (Å²) < 4.78 is 24.0. The quantitative estimate of drug-likeness (QED) is 0.757. The van der Waals surface area contributed by atoms with Gasteiger partial charge >= 0.3 is 0 Å². The van der Waals surface area contributed by atoms with E-state index in [4.69, 9.17) is 5.73 Å². The lowest BCUT2D eigenvalue weighted by Gasteiger charge is -2.14. The van der Waals surface area contributed by atoms with Gasteiger partial charge in [-0.1, -0.05) is 18.2 Å². The van der Waals surface area contributed by atoms with Gasteiger partial charge in [0.05, 0.1) is 10.6 Å². The lowest BCUT2D eigenvalue weighted by molar-refractivity contribution is -0.126. The van der Waals surface area contributed by atoms with Gasteiger partial charge in [-0.3, -0.25) is 9.59 Å². The average molecular weight is 284 g/mol. The van der Waals surface area contributed by atoms with Crippen LogP contribution in [-0.2, 0) is 19.4 Å². The van der Waals surface area contributed by atoms with E-state index in [1.54, 1.807) is 18.2 Å². The van der Waals surface area contributed by atoms with Crippen molar-refractivity contribution in [3.05, 3.63) is 30.3 Å². The lowest BCUT2D eigenvalue weighted by atomic mass is 10.2. The highest BCUT2D eigenvalue weighted by Crippen LogP contribution is 2.12. The Kier molecular flexibility index (Phi) is 5.05. The molecule has 7 heteroatoms. The number of carbonyl (C=O) groups excluding carboxylic acids is 2. The number of hydrogen-bond acceptors (Lipinski definition) is 4. The van der Waals surface area contributed by atoms with Crippen LogP contribution in [0.4, 0.5) is 0 Å².